The summed E-state index contributed by atoms with van der Waals surface area (Å²) < 4.78 is 6.43. The van der Waals surface area contributed by atoms with Crippen LogP contribution in [0.3, 0.4) is 0 Å². The van der Waals surface area contributed by atoms with Gasteiger partial charge in [-0.25, -0.2) is 0 Å². The summed E-state index contributed by atoms with van der Waals surface area (Å²) in [7, 11) is 1.71. The van der Waals surface area contributed by atoms with Crippen molar-refractivity contribution in [2.24, 2.45) is 0 Å². The lowest BCUT2D eigenvalue weighted by atomic mass is 10.0. The summed E-state index contributed by atoms with van der Waals surface area (Å²) in [5.41, 5.74) is 2.22. The molecule has 1 unspecified atom stereocenters. The van der Waals surface area contributed by atoms with Gasteiger partial charge < -0.3 is 10.1 Å². The van der Waals surface area contributed by atoms with Crippen LogP contribution < -0.4 is 10.1 Å². The van der Waals surface area contributed by atoms with E-state index in [2.05, 4.69) is 39.2 Å². The summed E-state index contributed by atoms with van der Waals surface area (Å²) in [5.74, 6) is 0.926. The van der Waals surface area contributed by atoms with Gasteiger partial charge in [-0.1, -0.05) is 25.1 Å². The predicted octanol–water partition coefficient (Wildman–Crippen LogP) is 4.09. The van der Waals surface area contributed by atoms with Gasteiger partial charge in [-0.2, -0.15) is 0 Å². The molecule has 0 saturated carbocycles. The number of hydrogen-bond donors (Lipinski definition) is 1. The molecule has 20 heavy (non-hydrogen) atoms. The lowest BCUT2D eigenvalue weighted by Gasteiger charge is -2.19. The Bertz CT molecular complexity index is 542. The van der Waals surface area contributed by atoms with E-state index in [-0.39, 0.29) is 6.04 Å². The zero-order valence-corrected chi connectivity index (χ0v) is 13.4. The number of ether oxygens (including phenoxy) is 1. The van der Waals surface area contributed by atoms with E-state index in [1.165, 1.54) is 5.56 Å². The number of aromatic nitrogens is 1. The number of methoxy groups -OCH3 is 1. The number of benzene rings is 1. The van der Waals surface area contributed by atoms with Gasteiger partial charge in [0.1, 0.15) is 5.75 Å². The van der Waals surface area contributed by atoms with Crippen LogP contribution in [0.2, 0.25) is 0 Å². The lowest BCUT2D eigenvalue weighted by Crippen LogP contribution is -2.21. The molecule has 2 aromatic rings. The summed E-state index contributed by atoms with van der Waals surface area (Å²) in [6.45, 7) is 2.91. The summed E-state index contributed by atoms with van der Waals surface area (Å²) in [6, 6.07) is 12.4. The zero-order chi connectivity index (χ0) is 14.4. The lowest BCUT2D eigenvalue weighted by molar-refractivity contribution is 0.396. The average molecular weight is 335 g/mol. The first-order valence-corrected chi connectivity index (χ1v) is 7.50. The van der Waals surface area contributed by atoms with Crippen molar-refractivity contribution in [3.8, 4) is 5.75 Å². The molecule has 1 heterocycles. The highest BCUT2D eigenvalue weighted by Gasteiger charge is 2.13. The van der Waals surface area contributed by atoms with Crippen LogP contribution in [0.4, 0.5) is 0 Å². The summed E-state index contributed by atoms with van der Waals surface area (Å²) in [6.07, 6.45) is 2.82. The molecule has 0 amide bonds. The number of para-hydroxylation sites is 1. The van der Waals surface area contributed by atoms with Crippen LogP contribution in [0.1, 0.15) is 30.6 Å². The third-order valence-electron chi connectivity index (χ3n) is 3.24. The highest BCUT2D eigenvalue weighted by molar-refractivity contribution is 9.10. The molecule has 1 aromatic heterocycles. The Morgan fingerprint density at radius 1 is 1.25 bits per heavy atom. The summed E-state index contributed by atoms with van der Waals surface area (Å²) >= 11 is 3.40. The van der Waals surface area contributed by atoms with Crippen molar-refractivity contribution < 1.29 is 4.74 Å². The standard InChI is InChI=1S/C16H19BrN2O/c1-3-15(14-6-4-5-7-16(14)20-2)19-11-13-9-8-12(17)10-18-13/h4-10,15,19H,3,11H2,1-2H3. The van der Waals surface area contributed by atoms with Crippen molar-refractivity contribution in [1.82, 2.24) is 10.3 Å². The third-order valence-corrected chi connectivity index (χ3v) is 3.71. The third kappa shape index (κ3) is 3.81. The van der Waals surface area contributed by atoms with E-state index in [0.29, 0.717) is 0 Å². The Hall–Kier alpha value is -1.39. The van der Waals surface area contributed by atoms with E-state index in [9.17, 15) is 0 Å². The van der Waals surface area contributed by atoms with E-state index >= 15 is 0 Å². The van der Waals surface area contributed by atoms with Crippen LogP contribution in [0, 0.1) is 0 Å². The van der Waals surface area contributed by atoms with Crippen molar-refractivity contribution in [1.29, 1.82) is 0 Å². The predicted molar refractivity (Wildman–Crippen MR) is 84.8 cm³/mol. The second-order valence-corrected chi connectivity index (χ2v) is 5.47. The number of rotatable bonds is 6. The van der Waals surface area contributed by atoms with Crippen molar-refractivity contribution in [2.45, 2.75) is 25.9 Å². The first-order chi connectivity index (χ1) is 9.74. The molecule has 2 rings (SSSR count). The molecule has 1 atom stereocenters. The zero-order valence-electron chi connectivity index (χ0n) is 11.8. The quantitative estimate of drug-likeness (QED) is 0.863. The van der Waals surface area contributed by atoms with Crippen molar-refractivity contribution >= 4 is 15.9 Å². The molecule has 0 bridgehead atoms. The first-order valence-electron chi connectivity index (χ1n) is 6.71. The Balaban J connectivity index is 2.07. The van der Waals surface area contributed by atoms with Crippen LogP contribution >= 0.6 is 15.9 Å². The number of pyridine rings is 1. The van der Waals surface area contributed by atoms with E-state index in [0.717, 1.165) is 28.9 Å². The smallest absolute Gasteiger partial charge is 0.123 e. The molecule has 3 nitrogen and oxygen atoms in total. The van der Waals surface area contributed by atoms with Gasteiger partial charge in [-0.3, -0.25) is 4.98 Å². The highest BCUT2D eigenvalue weighted by Crippen LogP contribution is 2.27. The first kappa shape index (κ1) is 15.0. The van der Waals surface area contributed by atoms with Gasteiger partial charge in [0.05, 0.1) is 12.8 Å². The fraction of sp³-hybridized carbons (Fsp3) is 0.312. The largest absolute Gasteiger partial charge is 0.496 e. The minimum Gasteiger partial charge on any atom is -0.496 e. The van der Waals surface area contributed by atoms with E-state index in [1.54, 1.807) is 7.11 Å². The summed E-state index contributed by atoms with van der Waals surface area (Å²) in [5, 5.41) is 3.54. The molecule has 0 spiro atoms. The maximum atomic E-state index is 5.43. The van der Waals surface area contributed by atoms with Crippen molar-refractivity contribution in [3.05, 3.63) is 58.3 Å². The molecule has 0 fully saturated rings. The molecule has 4 heteroatoms. The Morgan fingerprint density at radius 3 is 2.70 bits per heavy atom. The molecule has 1 aromatic carbocycles. The van der Waals surface area contributed by atoms with Crippen molar-refractivity contribution in [2.75, 3.05) is 7.11 Å². The minimum absolute atomic E-state index is 0.261. The Labute approximate surface area is 128 Å². The van der Waals surface area contributed by atoms with Gasteiger partial charge in [0, 0.05) is 28.8 Å². The van der Waals surface area contributed by atoms with Crippen LogP contribution in [0.15, 0.2) is 47.1 Å². The van der Waals surface area contributed by atoms with Gasteiger partial charge in [0.2, 0.25) is 0 Å². The molecular formula is C16H19BrN2O. The van der Waals surface area contributed by atoms with E-state index in [4.69, 9.17) is 4.74 Å². The second-order valence-electron chi connectivity index (χ2n) is 4.55. The van der Waals surface area contributed by atoms with E-state index in [1.807, 2.05) is 36.5 Å². The van der Waals surface area contributed by atoms with Crippen LogP contribution in [0.5, 0.6) is 5.75 Å². The SMILES string of the molecule is CCC(NCc1ccc(Br)cn1)c1ccccc1OC. The molecular weight excluding hydrogens is 316 g/mol. The van der Waals surface area contributed by atoms with Gasteiger partial charge in [-0.15, -0.1) is 0 Å². The molecule has 0 aliphatic rings. The van der Waals surface area contributed by atoms with Crippen LogP contribution in [-0.2, 0) is 6.54 Å². The fourth-order valence-corrected chi connectivity index (χ4v) is 2.40. The van der Waals surface area contributed by atoms with Crippen LogP contribution in [-0.4, -0.2) is 12.1 Å². The highest BCUT2D eigenvalue weighted by atomic mass is 79.9. The molecule has 0 aliphatic carbocycles. The number of nitrogens with one attached hydrogen (secondary N) is 1. The number of nitrogens with zero attached hydrogens (tertiary/aromatic N) is 1. The molecule has 0 saturated heterocycles. The number of halogens is 1. The monoisotopic (exact) mass is 334 g/mol. The number of hydrogen-bond acceptors (Lipinski definition) is 3. The van der Waals surface area contributed by atoms with Crippen LogP contribution in [0.25, 0.3) is 0 Å². The van der Waals surface area contributed by atoms with E-state index < -0.39 is 0 Å². The summed E-state index contributed by atoms with van der Waals surface area (Å²) in [4.78, 5) is 4.38. The topological polar surface area (TPSA) is 34.2 Å². The fourth-order valence-electron chi connectivity index (χ4n) is 2.17. The molecule has 0 aliphatic heterocycles. The van der Waals surface area contributed by atoms with Crippen molar-refractivity contribution in [3.63, 3.8) is 0 Å². The maximum absolute atomic E-state index is 5.43. The van der Waals surface area contributed by atoms with Gasteiger partial charge in [0.25, 0.3) is 0 Å². The van der Waals surface area contributed by atoms with Gasteiger partial charge in [0.15, 0.2) is 0 Å². The molecule has 0 radical (unpaired) electrons. The van der Waals surface area contributed by atoms with Gasteiger partial charge >= 0.3 is 0 Å². The maximum Gasteiger partial charge on any atom is 0.123 e. The minimum atomic E-state index is 0.261. The van der Waals surface area contributed by atoms with Gasteiger partial charge in [-0.05, 0) is 40.5 Å². The second kappa shape index (κ2) is 7.41. The average Bonchev–Trinajstić information content (AvgIpc) is 2.50. The molecule has 106 valence electrons. The Kier molecular flexibility index (Phi) is 5.56. The molecule has 1 N–H and O–H groups in total. The Morgan fingerprint density at radius 2 is 2.05 bits per heavy atom. The normalized spacial score (nSPS) is 12.2.